The maximum atomic E-state index is 13.9. The Kier molecular flexibility index (Phi) is 18.9. The Bertz CT molecular complexity index is 1040. The van der Waals surface area contributed by atoms with Crippen LogP contribution in [0.15, 0.2) is 0 Å². The van der Waals surface area contributed by atoms with Crippen LogP contribution in [0.5, 0.6) is 0 Å². The van der Waals surface area contributed by atoms with Crippen LogP contribution in [0.2, 0.25) is 0 Å². The normalized spacial score (nSPS) is 14.2. The van der Waals surface area contributed by atoms with Crippen molar-refractivity contribution in [2.75, 3.05) is 24.7 Å². The highest BCUT2D eigenvalue weighted by Gasteiger charge is 2.95. The number of ether oxygens (including phenoxy) is 2. The van der Waals surface area contributed by atoms with Crippen molar-refractivity contribution < 1.29 is 93.7 Å². The minimum Gasteiger partial charge on any atom is -0.465 e. The van der Waals surface area contributed by atoms with Crippen LogP contribution in [0.1, 0.15) is 84.0 Å². The molecule has 0 radical (unpaired) electrons. The van der Waals surface area contributed by atoms with Gasteiger partial charge in [-0.3, -0.25) is 9.59 Å². The zero-order chi connectivity index (χ0) is 39.3. The minimum absolute atomic E-state index is 0.00494. The third kappa shape index (κ3) is 12.0. The third-order valence-electron chi connectivity index (χ3n) is 6.86. The average molecular weight is 811 g/mol. The van der Waals surface area contributed by atoms with Crippen molar-refractivity contribution in [3.05, 3.63) is 0 Å². The van der Waals surface area contributed by atoms with Crippen LogP contribution in [0, 0.1) is 0 Å². The molecule has 298 valence electrons. The molecule has 0 spiro atoms. The highest BCUT2D eigenvalue weighted by atomic mass is 33.1. The van der Waals surface area contributed by atoms with E-state index in [4.69, 9.17) is 4.74 Å². The molecule has 0 heterocycles. The fourth-order valence-corrected chi connectivity index (χ4v) is 5.49. The van der Waals surface area contributed by atoms with Gasteiger partial charge < -0.3 is 9.47 Å². The number of hydrogen-bond donors (Lipinski definition) is 0. The van der Waals surface area contributed by atoms with E-state index in [0.29, 0.717) is 6.42 Å². The van der Waals surface area contributed by atoms with Gasteiger partial charge >= 0.3 is 59.6 Å². The number of rotatable bonds is 26. The van der Waals surface area contributed by atoms with E-state index < -0.39 is 79.0 Å². The van der Waals surface area contributed by atoms with Gasteiger partial charge in [0.25, 0.3) is 0 Å². The Balaban J connectivity index is 4.75. The van der Waals surface area contributed by atoms with Crippen LogP contribution in [-0.4, -0.2) is 84.3 Å². The topological polar surface area (TPSA) is 52.6 Å². The summed E-state index contributed by atoms with van der Waals surface area (Å²) in [5, 5.41) is 0. The van der Waals surface area contributed by atoms with Gasteiger partial charge in [-0.1, -0.05) is 79.9 Å². The standard InChI is InChI=1S/C27H35F17O4S2/c1-2-3-4-5-6-7-8-9-10-11-18(45)47-14-16-49-50-17-15-48-19(46)12-13-20(28,29)21(30,31)22(32,33)23(34,35)24(36,37)25(38,39)26(40,41)27(42,43)44/h2-17H2,1H3. The summed E-state index contributed by atoms with van der Waals surface area (Å²) in [4.78, 5) is 23.3. The number of halogens is 17. The summed E-state index contributed by atoms with van der Waals surface area (Å²) in [6.07, 6.45) is -3.02. The zero-order valence-electron chi connectivity index (χ0n) is 26.2. The van der Waals surface area contributed by atoms with Gasteiger partial charge in [-0.15, -0.1) is 0 Å². The van der Waals surface area contributed by atoms with E-state index in [1.807, 2.05) is 0 Å². The molecular weight excluding hydrogens is 775 g/mol. The van der Waals surface area contributed by atoms with E-state index >= 15 is 0 Å². The van der Waals surface area contributed by atoms with Crippen molar-refractivity contribution in [3.63, 3.8) is 0 Å². The number of carbonyl (C=O) groups excluding carboxylic acids is 2. The van der Waals surface area contributed by atoms with E-state index in [-0.39, 0.29) is 24.5 Å². The maximum absolute atomic E-state index is 13.9. The number of alkyl halides is 17. The molecule has 0 N–H and O–H groups in total. The summed E-state index contributed by atoms with van der Waals surface area (Å²) in [7, 11) is 2.04. The quantitative estimate of drug-likeness (QED) is 0.0375. The van der Waals surface area contributed by atoms with Crippen molar-refractivity contribution in [2.24, 2.45) is 0 Å². The molecule has 0 aliphatic carbocycles. The predicted molar refractivity (Wildman–Crippen MR) is 149 cm³/mol. The molecular formula is C27H35F17O4S2. The summed E-state index contributed by atoms with van der Waals surface area (Å²) in [5.74, 6) is -59.2. The van der Waals surface area contributed by atoms with Gasteiger partial charge in [-0.05, 0) is 6.42 Å². The van der Waals surface area contributed by atoms with Gasteiger partial charge in [0.2, 0.25) is 0 Å². The first-order chi connectivity index (χ1) is 22.6. The van der Waals surface area contributed by atoms with Crippen molar-refractivity contribution >= 4 is 33.5 Å². The van der Waals surface area contributed by atoms with Gasteiger partial charge in [0.05, 0.1) is 6.42 Å². The summed E-state index contributed by atoms with van der Waals surface area (Å²) >= 11 is 0. The molecule has 0 aliphatic rings. The summed E-state index contributed by atoms with van der Waals surface area (Å²) < 4.78 is 235. The van der Waals surface area contributed by atoms with Gasteiger partial charge in [-0.2, -0.15) is 74.6 Å². The first kappa shape index (κ1) is 48.4. The SMILES string of the molecule is CCCCCCCCCCCC(=O)OCCSSCCOC(=O)CCC(F)(F)C(F)(F)C(F)(F)C(F)(F)C(F)(F)C(F)(F)C(F)(F)C(F)(F)F. The van der Waals surface area contributed by atoms with E-state index in [9.17, 15) is 84.2 Å². The zero-order valence-corrected chi connectivity index (χ0v) is 27.8. The average Bonchev–Trinajstić information content (AvgIpc) is 2.99. The van der Waals surface area contributed by atoms with Crippen LogP contribution < -0.4 is 0 Å². The molecule has 0 unspecified atom stereocenters. The van der Waals surface area contributed by atoms with E-state index in [1.165, 1.54) is 19.3 Å². The molecule has 0 bridgehead atoms. The molecule has 0 fully saturated rings. The lowest BCUT2D eigenvalue weighted by Crippen LogP contribution is -2.74. The molecule has 0 rings (SSSR count). The Morgan fingerprint density at radius 3 is 1.20 bits per heavy atom. The van der Waals surface area contributed by atoms with Gasteiger partial charge in [0.1, 0.15) is 13.2 Å². The second-order valence-electron chi connectivity index (χ2n) is 10.8. The van der Waals surface area contributed by atoms with Crippen molar-refractivity contribution in [2.45, 2.75) is 132 Å². The number of hydrogen-bond acceptors (Lipinski definition) is 6. The summed E-state index contributed by atoms with van der Waals surface area (Å²) in [6.45, 7) is 1.48. The fraction of sp³-hybridized carbons (Fsp3) is 0.926. The molecule has 0 aromatic heterocycles. The first-order valence-electron chi connectivity index (χ1n) is 14.9. The lowest BCUT2D eigenvalue weighted by molar-refractivity contribution is -0.461. The van der Waals surface area contributed by atoms with Crippen LogP contribution in [0.25, 0.3) is 0 Å². The maximum Gasteiger partial charge on any atom is 0.460 e. The molecule has 0 aromatic rings. The highest BCUT2D eigenvalue weighted by molar-refractivity contribution is 8.76. The molecule has 0 aliphatic heterocycles. The minimum atomic E-state index is -8.70. The molecule has 0 saturated heterocycles. The Morgan fingerprint density at radius 2 is 0.800 bits per heavy atom. The smallest absolute Gasteiger partial charge is 0.460 e. The second kappa shape index (κ2) is 19.5. The fourth-order valence-electron chi connectivity index (χ4n) is 3.83. The van der Waals surface area contributed by atoms with Crippen LogP contribution in [0.3, 0.4) is 0 Å². The number of esters is 2. The summed E-state index contributed by atoms with van der Waals surface area (Å²) in [6, 6.07) is 0. The Morgan fingerprint density at radius 1 is 0.460 bits per heavy atom. The van der Waals surface area contributed by atoms with Gasteiger partial charge in [0.15, 0.2) is 0 Å². The molecule has 0 aromatic carbocycles. The van der Waals surface area contributed by atoms with Crippen LogP contribution >= 0.6 is 21.6 Å². The van der Waals surface area contributed by atoms with Crippen molar-refractivity contribution in [1.29, 1.82) is 0 Å². The molecule has 0 saturated carbocycles. The van der Waals surface area contributed by atoms with Gasteiger partial charge in [-0.25, -0.2) is 0 Å². The summed E-state index contributed by atoms with van der Waals surface area (Å²) in [5.41, 5.74) is 0. The van der Waals surface area contributed by atoms with E-state index in [2.05, 4.69) is 11.7 Å². The largest absolute Gasteiger partial charge is 0.465 e. The molecule has 4 nitrogen and oxygen atoms in total. The lowest BCUT2D eigenvalue weighted by atomic mass is 9.88. The van der Waals surface area contributed by atoms with Crippen LogP contribution in [0.4, 0.5) is 74.6 Å². The van der Waals surface area contributed by atoms with Crippen molar-refractivity contribution in [3.8, 4) is 0 Å². The molecule has 0 amide bonds. The van der Waals surface area contributed by atoms with E-state index in [0.717, 1.165) is 53.7 Å². The number of carbonyl (C=O) groups is 2. The Hall–Kier alpha value is -1.55. The molecule has 23 heteroatoms. The predicted octanol–water partition coefficient (Wildman–Crippen LogP) is 11.2. The first-order valence-corrected chi connectivity index (χ1v) is 17.4. The second-order valence-corrected chi connectivity index (χ2v) is 13.5. The lowest BCUT2D eigenvalue weighted by Gasteiger charge is -2.42. The van der Waals surface area contributed by atoms with E-state index in [1.54, 1.807) is 0 Å². The Labute approximate surface area is 283 Å². The third-order valence-corrected chi connectivity index (χ3v) is 9.19. The highest BCUT2D eigenvalue weighted by Crippen LogP contribution is 2.64. The van der Waals surface area contributed by atoms with Crippen LogP contribution in [-0.2, 0) is 19.1 Å². The molecule has 50 heavy (non-hydrogen) atoms. The molecule has 0 atom stereocenters. The van der Waals surface area contributed by atoms with Crippen molar-refractivity contribution in [1.82, 2.24) is 0 Å². The monoisotopic (exact) mass is 810 g/mol. The number of unbranched alkanes of at least 4 members (excludes halogenated alkanes) is 8. The van der Waals surface area contributed by atoms with Gasteiger partial charge in [0, 0.05) is 24.3 Å².